The van der Waals surface area contributed by atoms with Gasteiger partial charge in [-0.15, -0.1) is 0 Å². The maximum absolute atomic E-state index is 11.8. The van der Waals surface area contributed by atoms with E-state index in [1.807, 2.05) is 0 Å². The summed E-state index contributed by atoms with van der Waals surface area (Å²) in [5.41, 5.74) is -0.200. The van der Waals surface area contributed by atoms with Gasteiger partial charge in [-0.2, -0.15) is 13.2 Å². The third-order valence-corrected chi connectivity index (χ3v) is 1.85. The maximum Gasteiger partial charge on any atom is 0.422 e. The van der Waals surface area contributed by atoms with Gasteiger partial charge in [0, 0.05) is 12.3 Å². The normalized spacial score (nSPS) is 11.2. The van der Waals surface area contributed by atoms with E-state index >= 15 is 0 Å². The van der Waals surface area contributed by atoms with Crippen LogP contribution in [0.25, 0.3) is 0 Å². The molecule has 0 aromatic carbocycles. The fourth-order valence-corrected chi connectivity index (χ4v) is 1.12. The quantitative estimate of drug-likeness (QED) is 0.812. The van der Waals surface area contributed by atoms with E-state index in [4.69, 9.17) is 5.11 Å². The van der Waals surface area contributed by atoms with Crippen LogP contribution in [0, 0.1) is 4.51 Å². The summed E-state index contributed by atoms with van der Waals surface area (Å²) in [6.07, 6.45) is -3.47. The summed E-state index contributed by atoms with van der Waals surface area (Å²) in [7, 11) is 0. The Hall–Kier alpha value is -1.57. The minimum absolute atomic E-state index is 0.0941. The molecule has 1 heterocycles. The lowest BCUT2D eigenvalue weighted by Crippen LogP contribution is -2.19. The highest BCUT2D eigenvalue weighted by Crippen LogP contribution is 2.17. The van der Waals surface area contributed by atoms with Crippen LogP contribution >= 0.6 is 12.2 Å². The molecule has 0 spiro atoms. The molecule has 2 N–H and O–H groups in total. The Morgan fingerprint density at radius 1 is 1.56 bits per heavy atom. The molecule has 8 heteroatoms. The Labute approximate surface area is 92.7 Å². The summed E-state index contributed by atoms with van der Waals surface area (Å²) in [5.74, 6) is -1.49. The Kier molecular flexibility index (Phi) is 3.53. The van der Waals surface area contributed by atoms with Crippen molar-refractivity contribution in [2.24, 2.45) is 0 Å². The molecule has 0 unspecified atom stereocenters. The molecule has 0 saturated heterocycles. The fraction of sp³-hybridized carbons (Fsp3) is 0.250. The maximum atomic E-state index is 11.8. The summed E-state index contributed by atoms with van der Waals surface area (Å²) >= 11 is 4.66. The van der Waals surface area contributed by atoms with Gasteiger partial charge in [-0.05, 0) is 0 Å². The topological polar surface area (TPSA) is 62.3 Å². The van der Waals surface area contributed by atoms with Gasteiger partial charge in [0.2, 0.25) is 0 Å². The average Bonchev–Trinajstić information content (AvgIpc) is 2.13. The summed E-state index contributed by atoms with van der Waals surface area (Å²) in [6.45, 7) is -1.47. The Morgan fingerprint density at radius 3 is 2.62 bits per heavy atom. The predicted molar refractivity (Wildman–Crippen MR) is 50.1 cm³/mol. The first-order valence-electron chi connectivity index (χ1n) is 3.95. The molecule has 0 aliphatic carbocycles. The molecule has 0 radical (unpaired) electrons. The lowest BCUT2D eigenvalue weighted by atomic mass is 10.3. The smallest absolute Gasteiger partial charge is 0.422 e. The van der Waals surface area contributed by atoms with Crippen LogP contribution < -0.4 is 4.74 Å². The largest absolute Gasteiger partial charge is 0.478 e. The molecule has 1 aromatic heterocycles. The number of pyridine rings is 1. The lowest BCUT2D eigenvalue weighted by Gasteiger charge is -2.08. The van der Waals surface area contributed by atoms with Crippen molar-refractivity contribution < 1.29 is 27.8 Å². The third kappa shape index (κ3) is 3.54. The van der Waals surface area contributed by atoms with E-state index in [2.05, 4.69) is 21.9 Å². The van der Waals surface area contributed by atoms with Crippen molar-refractivity contribution in [2.75, 3.05) is 6.61 Å². The second-order valence-corrected chi connectivity index (χ2v) is 3.22. The minimum Gasteiger partial charge on any atom is -0.478 e. The van der Waals surface area contributed by atoms with Crippen molar-refractivity contribution in [3.63, 3.8) is 0 Å². The Balaban J connectivity index is 2.82. The highest BCUT2D eigenvalue weighted by Gasteiger charge is 2.28. The number of carboxylic acids is 1. The van der Waals surface area contributed by atoms with Gasteiger partial charge in [0.1, 0.15) is 0 Å². The molecule has 0 amide bonds. The van der Waals surface area contributed by atoms with Crippen LogP contribution in [0.5, 0.6) is 5.88 Å². The molecule has 16 heavy (non-hydrogen) atoms. The number of hydrogen-bond acceptors (Lipinski definition) is 3. The molecule has 0 saturated carbocycles. The van der Waals surface area contributed by atoms with Gasteiger partial charge in [-0.25, -0.2) is 4.79 Å². The molecule has 1 aromatic rings. The second kappa shape index (κ2) is 4.52. The molecule has 88 valence electrons. The number of nitrogens with one attached hydrogen (secondary N) is 1. The number of H-pyrrole nitrogens is 1. The first kappa shape index (κ1) is 12.5. The van der Waals surface area contributed by atoms with Gasteiger partial charge in [-0.3, -0.25) is 0 Å². The molecule has 1 rings (SSSR count). The van der Waals surface area contributed by atoms with E-state index in [0.717, 1.165) is 12.3 Å². The number of rotatable bonds is 3. The van der Waals surface area contributed by atoms with Crippen LogP contribution in [-0.4, -0.2) is 28.8 Å². The number of aromatic carboxylic acids is 1. The summed E-state index contributed by atoms with van der Waals surface area (Å²) in [4.78, 5) is 12.8. The van der Waals surface area contributed by atoms with Gasteiger partial charge in [-0.1, -0.05) is 12.2 Å². The molecule has 0 aliphatic rings. The van der Waals surface area contributed by atoms with Gasteiger partial charge in [0.05, 0.1) is 10.1 Å². The number of alkyl halides is 3. The summed E-state index contributed by atoms with van der Waals surface area (Å²) in [5, 5.41) is 8.61. The number of ether oxygens (including phenoxy) is 1. The van der Waals surface area contributed by atoms with E-state index < -0.39 is 18.8 Å². The van der Waals surface area contributed by atoms with E-state index in [1.165, 1.54) is 0 Å². The predicted octanol–water partition coefficient (Wildman–Crippen LogP) is 2.38. The number of carboxylic acid groups (broad SMARTS) is 1. The van der Waals surface area contributed by atoms with Crippen LogP contribution in [-0.2, 0) is 0 Å². The number of carbonyl (C=O) groups is 1. The molecule has 4 nitrogen and oxygen atoms in total. The van der Waals surface area contributed by atoms with Gasteiger partial charge < -0.3 is 14.8 Å². The SMILES string of the molecule is O=C(O)c1c[nH]c(OCC(F)(F)F)cc1=S. The highest BCUT2D eigenvalue weighted by atomic mass is 32.1. The van der Waals surface area contributed by atoms with E-state index in [9.17, 15) is 18.0 Å². The average molecular weight is 253 g/mol. The highest BCUT2D eigenvalue weighted by molar-refractivity contribution is 7.71. The van der Waals surface area contributed by atoms with Crippen molar-refractivity contribution >= 4 is 18.2 Å². The van der Waals surface area contributed by atoms with Crippen LogP contribution in [0.15, 0.2) is 12.3 Å². The van der Waals surface area contributed by atoms with Gasteiger partial charge in [0.15, 0.2) is 12.5 Å². The molecule has 0 fully saturated rings. The number of aromatic amines is 1. The molecular formula is C8H6F3NO3S. The zero-order chi connectivity index (χ0) is 12.3. The summed E-state index contributed by atoms with van der Waals surface area (Å²) in [6, 6.07) is 1.02. The van der Waals surface area contributed by atoms with Crippen LogP contribution in [0.1, 0.15) is 10.4 Å². The monoisotopic (exact) mass is 253 g/mol. The zero-order valence-electron chi connectivity index (χ0n) is 7.67. The van der Waals surface area contributed by atoms with Crippen molar-refractivity contribution in [3.8, 4) is 5.88 Å². The lowest BCUT2D eigenvalue weighted by molar-refractivity contribution is -0.154. The van der Waals surface area contributed by atoms with E-state index in [-0.39, 0.29) is 16.0 Å². The first-order chi connectivity index (χ1) is 7.29. The number of halogens is 3. The Morgan fingerprint density at radius 2 is 2.19 bits per heavy atom. The second-order valence-electron chi connectivity index (χ2n) is 2.78. The van der Waals surface area contributed by atoms with Crippen molar-refractivity contribution in [3.05, 3.63) is 22.3 Å². The standard InChI is InChI=1S/C8H6F3NO3S/c9-8(10,11)3-15-6-1-5(16)4(2-12-6)7(13)14/h1-2H,3H2,(H,12,16)(H,13,14). The fourth-order valence-electron chi connectivity index (χ4n) is 0.863. The third-order valence-electron chi connectivity index (χ3n) is 1.51. The van der Waals surface area contributed by atoms with Gasteiger partial charge >= 0.3 is 12.1 Å². The van der Waals surface area contributed by atoms with E-state index in [0.29, 0.717) is 0 Å². The van der Waals surface area contributed by atoms with Crippen molar-refractivity contribution in [1.29, 1.82) is 0 Å². The van der Waals surface area contributed by atoms with Crippen LogP contribution in [0.4, 0.5) is 13.2 Å². The molecular weight excluding hydrogens is 247 g/mol. The number of aromatic nitrogens is 1. The summed E-state index contributed by atoms with van der Waals surface area (Å²) < 4.78 is 39.6. The Bertz CT molecular complexity index is 455. The zero-order valence-corrected chi connectivity index (χ0v) is 8.48. The van der Waals surface area contributed by atoms with Crippen molar-refractivity contribution in [2.45, 2.75) is 6.18 Å². The molecule has 0 aliphatic heterocycles. The molecule has 0 atom stereocenters. The minimum atomic E-state index is -4.46. The first-order valence-corrected chi connectivity index (χ1v) is 4.36. The molecule has 0 bridgehead atoms. The van der Waals surface area contributed by atoms with E-state index in [1.54, 1.807) is 0 Å². The van der Waals surface area contributed by atoms with Gasteiger partial charge in [0.25, 0.3) is 0 Å². The van der Waals surface area contributed by atoms with Crippen LogP contribution in [0.3, 0.4) is 0 Å². The van der Waals surface area contributed by atoms with Crippen LogP contribution in [0.2, 0.25) is 0 Å². The number of hydrogen-bond donors (Lipinski definition) is 2. The van der Waals surface area contributed by atoms with Crippen molar-refractivity contribution in [1.82, 2.24) is 4.98 Å².